The lowest BCUT2D eigenvalue weighted by Crippen LogP contribution is -2.26. The van der Waals surface area contributed by atoms with E-state index in [2.05, 4.69) is 15.4 Å². The molecular formula is C17H17FN4O. The summed E-state index contributed by atoms with van der Waals surface area (Å²) < 4.78 is 14.6. The number of nitrogens with one attached hydrogen (secondary N) is 1. The Morgan fingerprint density at radius 2 is 1.96 bits per heavy atom. The highest BCUT2D eigenvalue weighted by Crippen LogP contribution is 2.16. The zero-order valence-electron chi connectivity index (χ0n) is 13.2. The molecule has 0 aliphatic carbocycles. The van der Waals surface area contributed by atoms with Gasteiger partial charge in [-0.25, -0.2) is 13.9 Å². The van der Waals surface area contributed by atoms with E-state index in [0.717, 1.165) is 17.0 Å². The van der Waals surface area contributed by atoms with Gasteiger partial charge in [0.25, 0.3) is 5.91 Å². The highest BCUT2D eigenvalue weighted by atomic mass is 19.1. The number of carbonyl (C=O) groups excluding carboxylic acids is 1. The number of aromatic nitrogens is 3. The van der Waals surface area contributed by atoms with Gasteiger partial charge in [0, 0.05) is 11.4 Å². The standard InChI is InChI=1S/C17H17FN4O/c1-10-8-11(2)22-16(20-10)15(9-19-22)17(23)21-12(3)13-4-6-14(18)7-5-13/h4-9,12H,1-3H3,(H,21,23). The second-order valence-electron chi connectivity index (χ2n) is 5.58. The second-order valence-corrected chi connectivity index (χ2v) is 5.58. The topological polar surface area (TPSA) is 59.3 Å². The molecular weight excluding hydrogens is 295 g/mol. The molecule has 1 N–H and O–H groups in total. The van der Waals surface area contributed by atoms with E-state index in [1.54, 1.807) is 16.6 Å². The number of rotatable bonds is 3. The largest absolute Gasteiger partial charge is 0.345 e. The van der Waals surface area contributed by atoms with Crippen LogP contribution in [-0.2, 0) is 0 Å². The van der Waals surface area contributed by atoms with Crippen molar-refractivity contribution in [2.45, 2.75) is 26.8 Å². The van der Waals surface area contributed by atoms with Gasteiger partial charge < -0.3 is 5.32 Å². The van der Waals surface area contributed by atoms with Crippen molar-refractivity contribution in [2.75, 3.05) is 0 Å². The molecule has 0 aliphatic heterocycles. The fraction of sp³-hybridized carbons (Fsp3) is 0.235. The first kappa shape index (κ1) is 15.1. The summed E-state index contributed by atoms with van der Waals surface area (Å²) in [4.78, 5) is 16.9. The summed E-state index contributed by atoms with van der Waals surface area (Å²) in [6, 6.07) is 7.72. The molecule has 0 saturated heterocycles. The molecule has 5 nitrogen and oxygen atoms in total. The number of benzene rings is 1. The SMILES string of the molecule is Cc1cc(C)n2ncc(C(=O)NC(C)c3ccc(F)cc3)c2n1. The minimum atomic E-state index is -0.301. The van der Waals surface area contributed by atoms with Gasteiger partial charge in [-0.2, -0.15) is 5.10 Å². The van der Waals surface area contributed by atoms with Crippen LogP contribution in [0.15, 0.2) is 36.5 Å². The summed E-state index contributed by atoms with van der Waals surface area (Å²) in [5, 5.41) is 7.11. The normalized spacial score (nSPS) is 12.3. The van der Waals surface area contributed by atoms with Crippen LogP contribution in [0, 0.1) is 19.7 Å². The third kappa shape index (κ3) is 2.92. The van der Waals surface area contributed by atoms with Crippen molar-refractivity contribution in [3.05, 3.63) is 64.9 Å². The first-order chi connectivity index (χ1) is 11.0. The lowest BCUT2D eigenvalue weighted by Gasteiger charge is -2.13. The molecule has 1 amide bonds. The maximum atomic E-state index is 13.0. The number of amides is 1. The molecule has 2 heterocycles. The zero-order chi connectivity index (χ0) is 16.6. The van der Waals surface area contributed by atoms with E-state index in [-0.39, 0.29) is 17.8 Å². The molecule has 23 heavy (non-hydrogen) atoms. The number of hydrogen-bond donors (Lipinski definition) is 1. The number of nitrogens with zero attached hydrogens (tertiary/aromatic N) is 3. The van der Waals surface area contributed by atoms with Crippen LogP contribution in [0.2, 0.25) is 0 Å². The lowest BCUT2D eigenvalue weighted by atomic mass is 10.1. The predicted octanol–water partition coefficient (Wildman–Crippen LogP) is 2.98. The Morgan fingerprint density at radius 1 is 1.26 bits per heavy atom. The van der Waals surface area contributed by atoms with E-state index in [4.69, 9.17) is 0 Å². The van der Waals surface area contributed by atoms with Crippen molar-refractivity contribution < 1.29 is 9.18 Å². The van der Waals surface area contributed by atoms with Gasteiger partial charge >= 0.3 is 0 Å². The fourth-order valence-corrected chi connectivity index (χ4v) is 2.54. The number of carbonyl (C=O) groups is 1. The van der Waals surface area contributed by atoms with Crippen LogP contribution >= 0.6 is 0 Å². The maximum absolute atomic E-state index is 13.0. The number of halogens is 1. The second kappa shape index (κ2) is 5.79. The average molecular weight is 312 g/mol. The summed E-state index contributed by atoms with van der Waals surface area (Å²) in [7, 11) is 0. The number of hydrogen-bond acceptors (Lipinski definition) is 3. The van der Waals surface area contributed by atoms with Gasteiger partial charge in [-0.3, -0.25) is 4.79 Å². The fourth-order valence-electron chi connectivity index (χ4n) is 2.54. The maximum Gasteiger partial charge on any atom is 0.257 e. The Kier molecular flexibility index (Phi) is 3.82. The number of aryl methyl sites for hydroxylation is 2. The minimum Gasteiger partial charge on any atom is -0.345 e. The molecule has 118 valence electrons. The van der Waals surface area contributed by atoms with Crippen molar-refractivity contribution >= 4 is 11.6 Å². The Morgan fingerprint density at radius 3 is 2.65 bits per heavy atom. The third-order valence-electron chi connectivity index (χ3n) is 3.74. The molecule has 0 saturated carbocycles. The molecule has 3 aromatic rings. The zero-order valence-corrected chi connectivity index (χ0v) is 13.2. The first-order valence-electron chi connectivity index (χ1n) is 7.34. The molecule has 1 unspecified atom stereocenters. The smallest absolute Gasteiger partial charge is 0.257 e. The van der Waals surface area contributed by atoms with Crippen LogP contribution in [-0.4, -0.2) is 20.5 Å². The molecule has 0 aliphatic rings. The molecule has 1 atom stereocenters. The average Bonchev–Trinajstić information content (AvgIpc) is 2.91. The Labute approximate surface area is 133 Å². The highest BCUT2D eigenvalue weighted by molar-refractivity contribution is 5.99. The summed E-state index contributed by atoms with van der Waals surface area (Å²) in [5.74, 6) is -0.556. The van der Waals surface area contributed by atoms with Gasteiger partial charge in [0.15, 0.2) is 5.65 Å². The van der Waals surface area contributed by atoms with Gasteiger partial charge in [0.2, 0.25) is 0 Å². The van der Waals surface area contributed by atoms with E-state index in [0.29, 0.717) is 11.2 Å². The van der Waals surface area contributed by atoms with Crippen LogP contribution in [0.4, 0.5) is 4.39 Å². The molecule has 0 fully saturated rings. The highest BCUT2D eigenvalue weighted by Gasteiger charge is 2.17. The summed E-state index contributed by atoms with van der Waals surface area (Å²) in [6.45, 7) is 5.64. The van der Waals surface area contributed by atoms with Crippen LogP contribution in [0.1, 0.15) is 40.3 Å². The van der Waals surface area contributed by atoms with E-state index >= 15 is 0 Å². The van der Waals surface area contributed by atoms with E-state index in [1.165, 1.54) is 18.3 Å². The van der Waals surface area contributed by atoms with E-state index in [1.807, 2.05) is 26.8 Å². The van der Waals surface area contributed by atoms with Crippen molar-refractivity contribution in [2.24, 2.45) is 0 Å². The van der Waals surface area contributed by atoms with Gasteiger partial charge in [0.05, 0.1) is 12.2 Å². The third-order valence-corrected chi connectivity index (χ3v) is 3.74. The molecule has 3 rings (SSSR count). The minimum absolute atomic E-state index is 0.246. The van der Waals surface area contributed by atoms with Gasteiger partial charge in [-0.1, -0.05) is 12.1 Å². The van der Waals surface area contributed by atoms with Crippen LogP contribution in [0.5, 0.6) is 0 Å². The van der Waals surface area contributed by atoms with Gasteiger partial charge in [-0.05, 0) is 44.5 Å². The molecule has 1 aromatic carbocycles. The summed E-state index contributed by atoms with van der Waals surface area (Å²) in [5.41, 5.74) is 3.53. The molecule has 6 heteroatoms. The van der Waals surface area contributed by atoms with Crippen LogP contribution in [0.3, 0.4) is 0 Å². The van der Waals surface area contributed by atoms with Crippen LogP contribution in [0.25, 0.3) is 5.65 Å². The Hall–Kier alpha value is -2.76. The molecule has 0 spiro atoms. The van der Waals surface area contributed by atoms with Gasteiger partial charge in [-0.15, -0.1) is 0 Å². The quantitative estimate of drug-likeness (QED) is 0.809. The Balaban J connectivity index is 1.87. The molecule has 0 radical (unpaired) electrons. The van der Waals surface area contributed by atoms with Crippen molar-refractivity contribution in [1.29, 1.82) is 0 Å². The summed E-state index contributed by atoms with van der Waals surface area (Å²) in [6.07, 6.45) is 1.52. The lowest BCUT2D eigenvalue weighted by molar-refractivity contribution is 0.0941. The molecule has 2 aromatic heterocycles. The van der Waals surface area contributed by atoms with Gasteiger partial charge in [0.1, 0.15) is 11.4 Å². The first-order valence-corrected chi connectivity index (χ1v) is 7.34. The number of fused-ring (bicyclic) bond motifs is 1. The summed E-state index contributed by atoms with van der Waals surface area (Å²) >= 11 is 0. The predicted molar refractivity (Wildman–Crippen MR) is 84.7 cm³/mol. The van der Waals surface area contributed by atoms with Crippen molar-refractivity contribution in [3.63, 3.8) is 0 Å². The van der Waals surface area contributed by atoms with E-state index in [9.17, 15) is 9.18 Å². The monoisotopic (exact) mass is 312 g/mol. The molecule has 0 bridgehead atoms. The van der Waals surface area contributed by atoms with Crippen LogP contribution < -0.4 is 5.32 Å². The Bertz CT molecular complexity index is 870. The van der Waals surface area contributed by atoms with Crippen molar-refractivity contribution in [1.82, 2.24) is 19.9 Å². The van der Waals surface area contributed by atoms with Crippen molar-refractivity contribution in [3.8, 4) is 0 Å². The van der Waals surface area contributed by atoms with E-state index < -0.39 is 0 Å².